The van der Waals surface area contributed by atoms with Crippen LogP contribution < -0.4 is 10.1 Å². The van der Waals surface area contributed by atoms with E-state index in [9.17, 15) is 9.59 Å². The molecule has 1 aromatic rings. The highest BCUT2D eigenvalue weighted by Gasteiger charge is 2.30. The molecule has 0 radical (unpaired) electrons. The van der Waals surface area contributed by atoms with Crippen LogP contribution in [0.3, 0.4) is 0 Å². The molecule has 0 saturated carbocycles. The van der Waals surface area contributed by atoms with Crippen LogP contribution in [0.15, 0.2) is 24.3 Å². The van der Waals surface area contributed by atoms with Crippen LogP contribution in [0.2, 0.25) is 5.02 Å². The lowest BCUT2D eigenvalue weighted by Crippen LogP contribution is -2.50. The quantitative estimate of drug-likeness (QED) is 0.774. The van der Waals surface area contributed by atoms with Crippen LogP contribution in [0.1, 0.15) is 33.1 Å². The fourth-order valence-corrected chi connectivity index (χ4v) is 2.15. The normalized spacial score (nSPS) is 11.0. The van der Waals surface area contributed by atoms with Gasteiger partial charge in [0.1, 0.15) is 5.75 Å². The molecule has 116 valence electrons. The molecule has 0 heterocycles. The van der Waals surface area contributed by atoms with Gasteiger partial charge in [0.15, 0.2) is 6.61 Å². The van der Waals surface area contributed by atoms with E-state index in [4.69, 9.17) is 21.4 Å². The molecule has 0 fully saturated rings. The Morgan fingerprint density at radius 2 is 1.81 bits per heavy atom. The van der Waals surface area contributed by atoms with Crippen LogP contribution in [0, 0.1) is 0 Å². The van der Waals surface area contributed by atoms with Gasteiger partial charge in [0.2, 0.25) is 0 Å². The third-order valence-electron chi connectivity index (χ3n) is 3.43. The lowest BCUT2D eigenvalue weighted by Gasteiger charge is -2.31. The fourth-order valence-electron chi connectivity index (χ4n) is 2.02. The highest BCUT2D eigenvalue weighted by atomic mass is 35.5. The summed E-state index contributed by atoms with van der Waals surface area (Å²) in [6.45, 7) is 3.54. The minimum absolute atomic E-state index is 0.104. The number of hydrogen-bond acceptors (Lipinski definition) is 3. The third-order valence-corrected chi connectivity index (χ3v) is 3.68. The zero-order valence-electron chi connectivity index (χ0n) is 12.2. The summed E-state index contributed by atoms with van der Waals surface area (Å²) in [5, 5.41) is 12.3. The predicted octanol–water partition coefficient (Wildman–Crippen LogP) is 2.87. The number of rotatable bonds is 8. The van der Waals surface area contributed by atoms with Crippen molar-refractivity contribution in [3.05, 3.63) is 29.3 Å². The summed E-state index contributed by atoms with van der Waals surface area (Å²) in [7, 11) is 0. The highest BCUT2D eigenvalue weighted by Crippen LogP contribution is 2.20. The van der Waals surface area contributed by atoms with Crippen LogP contribution in [-0.2, 0) is 9.59 Å². The smallest absolute Gasteiger partial charge is 0.305 e. The number of amides is 1. The number of halogens is 1. The molecule has 2 N–H and O–H groups in total. The molecule has 0 bridgehead atoms. The molecule has 1 amide bonds. The van der Waals surface area contributed by atoms with Gasteiger partial charge in [-0.05, 0) is 37.1 Å². The molecule has 5 nitrogen and oxygen atoms in total. The molecule has 6 heteroatoms. The van der Waals surface area contributed by atoms with E-state index >= 15 is 0 Å². The zero-order valence-corrected chi connectivity index (χ0v) is 12.9. The number of aliphatic carboxylic acids is 1. The van der Waals surface area contributed by atoms with Crippen molar-refractivity contribution >= 4 is 23.5 Å². The zero-order chi connectivity index (χ0) is 15.9. The van der Waals surface area contributed by atoms with E-state index in [1.807, 2.05) is 13.8 Å². The van der Waals surface area contributed by atoms with Crippen molar-refractivity contribution in [2.75, 3.05) is 6.61 Å². The Balaban J connectivity index is 2.57. The maximum Gasteiger partial charge on any atom is 0.305 e. The van der Waals surface area contributed by atoms with Gasteiger partial charge >= 0.3 is 5.97 Å². The number of carbonyl (C=O) groups is 2. The lowest BCUT2D eigenvalue weighted by molar-refractivity contribution is -0.139. The van der Waals surface area contributed by atoms with E-state index in [0.29, 0.717) is 23.6 Å². The molecule has 0 spiro atoms. The van der Waals surface area contributed by atoms with Crippen molar-refractivity contribution in [1.82, 2.24) is 5.32 Å². The Labute approximate surface area is 129 Å². The Bertz CT molecular complexity index is 483. The number of benzene rings is 1. The molecule has 0 aliphatic heterocycles. The summed E-state index contributed by atoms with van der Waals surface area (Å²) < 4.78 is 5.34. The molecule has 1 rings (SSSR count). The van der Waals surface area contributed by atoms with E-state index in [2.05, 4.69) is 5.32 Å². The average Bonchev–Trinajstić information content (AvgIpc) is 2.45. The standard InChI is InChI=1S/C15H20ClNO4/c1-3-15(4-2,9-14(19)20)17-13(18)10-21-12-7-5-11(16)6-8-12/h5-8H,3-4,9-10H2,1-2H3,(H,17,18)(H,19,20). The molecule has 21 heavy (non-hydrogen) atoms. The van der Waals surface area contributed by atoms with Crippen LogP contribution in [0.4, 0.5) is 0 Å². The fraction of sp³-hybridized carbons (Fsp3) is 0.467. The maximum atomic E-state index is 11.9. The summed E-state index contributed by atoms with van der Waals surface area (Å²) in [6, 6.07) is 6.67. The monoisotopic (exact) mass is 313 g/mol. The number of ether oxygens (including phenoxy) is 1. The molecule has 0 atom stereocenters. The SMILES string of the molecule is CCC(CC)(CC(=O)O)NC(=O)COc1ccc(Cl)cc1. The lowest BCUT2D eigenvalue weighted by atomic mass is 9.89. The van der Waals surface area contributed by atoms with Gasteiger partial charge in [-0.15, -0.1) is 0 Å². The van der Waals surface area contributed by atoms with Crippen LogP contribution in [0.5, 0.6) is 5.75 Å². The van der Waals surface area contributed by atoms with E-state index in [0.717, 1.165) is 0 Å². The first kappa shape index (κ1) is 17.3. The molecular weight excluding hydrogens is 294 g/mol. The van der Waals surface area contributed by atoms with Gasteiger partial charge in [0.25, 0.3) is 5.91 Å². The van der Waals surface area contributed by atoms with Gasteiger partial charge in [-0.1, -0.05) is 25.4 Å². The van der Waals surface area contributed by atoms with Gasteiger partial charge < -0.3 is 15.2 Å². The summed E-state index contributed by atoms with van der Waals surface area (Å²) in [5.74, 6) is -0.737. The first-order chi connectivity index (χ1) is 9.90. The maximum absolute atomic E-state index is 11.9. The summed E-state index contributed by atoms with van der Waals surface area (Å²) in [4.78, 5) is 22.9. The van der Waals surface area contributed by atoms with Gasteiger partial charge in [0.05, 0.1) is 12.0 Å². The molecule has 1 aromatic carbocycles. The molecule has 0 aliphatic carbocycles. The third kappa shape index (κ3) is 5.63. The van der Waals surface area contributed by atoms with Crippen molar-refractivity contribution in [3.63, 3.8) is 0 Å². The summed E-state index contributed by atoms with van der Waals surface area (Å²) in [5.41, 5.74) is -0.730. The Hall–Kier alpha value is -1.75. The van der Waals surface area contributed by atoms with Crippen molar-refractivity contribution in [2.24, 2.45) is 0 Å². The molecule has 0 aliphatic rings. The van der Waals surface area contributed by atoms with E-state index in [-0.39, 0.29) is 18.9 Å². The molecular formula is C15H20ClNO4. The first-order valence-electron chi connectivity index (χ1n) is 6.82. The number of hydrogen-bond donors (Lipinski definition) is 2. The van der Waals surface area contributed by atoms with Crippen molar-refractivity contribution in [1.29, 1.82) is 0 Å². The number of nitrogens with one attached hydrogen (secondary N) is 1. The van der Waals surface area contributed by atoms with Crippen LogP contribution in [-0.4, -0.2) is 29.1 Å². The van der Waals surface area contributed by atoms with Gasteiger partial charge in [-0.3, -0.25) is 9.59 Å². The Morgan fingerprint density at radius 1 is 1.24 bits per heavy atom. The van der Waals surface area contributed by atoms with E-state index < -0.39 is 11.5 Å². The topological polar surface area (TPSA) is 75.6 Å². The minimum Gasteiger partial charge on any atom is -0.484 e. The van der Waals surface area contributed by atoms with Crippen LogP contribution in [0.25, 0.3) is 0 Å². The Kier molecular flexibility index (Phi) is 6.49. The number of carbonyl (C=O) groups excluding carboxylic acids is 1. The molecule has 0 saturated heterocycles. The minimum atomic E-state index is -0.933. The van der Waals surface area contributed by atoms with E-state index in [1.165, 1.54) is 0 Å². The first-order valence-corrected chi connectivity index (χ1v) is 7.19. The second kappa shape index (κ2) is 7.88. The van der Waals surface area contributed by atoms with Crippen molar-refractivity contribution in [3.8, 4) is 5.75 Å². The second-order valence-corrected chi connectivity index (χ2v) is 5.29. The highest BCUT2D eigenvalue weighted by molar-refractivity contribution is 6.30. The molecule has 0 aromatic heterocycles. The van der Waals surface area contributed by atoms with E-state index in [1.54, 1.807) is 24.3 Å². The van der Waals surface area contributed by atoms with Gasteiger partial charge in [-0.2, -0.15) is 0 Å². The molecule has 0 unspecified atom stereocenters. The average molecular weight is 314 g/mol. The second-order valence-electron chi connectivity index (χ2n) is 4.85. The largest absolute Gasteiger partial charge is 0.484 e. The predicted molar refractivity (Wildman–Crippen MR) is 80.7 cm³/mol. The van der Waals surface area contributed by atoms with Gasteiger partial charge in [0, 0.05) is 5.02 Å². The number of carboxylic acids is 1. The van der Waals surface area contributed by atoms with Crippen molar-refractivity contribution in [2.45, 2.75) is 38.6 Å². The number of carboxylic acid groups (broad SMARTS) is 1. The van der Waals surface area contributed by atoms with Crippen molar-refractivity contribution < 1.29 is 19.4 Å². The Morgan fingerprint density at radius 3 is 2.29 bits per heavy atom. The van der Waals surface area contributed by atoms with Crippen LogP contribution >= 0.6 is 11.6 Å². The summed E-state index contributed by atoms with van der Waals surface area (Å²) in [6.07, 6.45) is 0.984. The van der Waals surface area contributed by atoms with Gasteiger partial charge in [-0.25, -0.2) is 0 Å². The summed E-state index contributed by atoms with van der Waals surface area (Å²) >= 11 is 5.76.